The van der Waals surface area contributed by atoms with Crippen LogP contribution in [0.4, 0.5) is 10.5 Å². The van der Waals surface area contributed by atoms with Gasteiger partial charge in [-0.25, -0.2) is 4.79 Å². The molecule has 0 spiro atoms. The highest BCUT2D eigenvalue weighted by Crippen LogP contribution is 2.29. The van der Waals surface area contributed by atoms with Crippen molar-refractivity contribution in [1.82, 2.24) is 15.1 Å². The van der Waals surface area contributed by atoms with Gasteiger partial charge in [0.15, 0.2) is 0 Å². The van der Waals surface area contributed by atoms with Crippen molar-refractivity contribution < 1.29 is 19.2 Å². The molecule has 2 saturated heterocycles. The van der Waals surface area contributed by atoms with Crippen LogP contribution in [-0.2, 0) is 15.1 Å². The highest BCUT2D eigenvalue weighted by molar-refractivity contribution is 6.11. The first-order valence-electron chi connectivity index (χ1n) is 11.2. The smallest absolute Gasteiger partial charge is 0.325 e. The lowest BCUT2D eigenvalue weighted by atomic mass is 9.91. The Morgan fingerprint density at radius 1 is 1.00 bits per heavy atom. The number of carbonyl (C=O) groups excluding carboxylic acids is 4. The number of rotatable bonds is 5. The van der Waals surface area contributed by atoms with E-state index in [-0.39, 0.29) is 5.91 Å². The molecule has 0 unspecified atom stereocenters. The number of likely N-dealkylation sites (tertiary alicyclic amines) is 1. The summed E-state index contributed by atoms with van der Waals surface area (Å²) in [6.07, 6.45) is 3.04. The van der Waals surface area contributed by atoms with E-state index < -0.39 is 29.9 Å². The van der Waals surface area contributed by atoms with Gasteiger partial charge >= 0.3 is 6.03 Å². The van der Waals surface area contributed by atoms with Gasteiger partial charge in [-0.1, -0.05) is 42.0 Å². The predicted octanol–water partition coefficient (Wildman–Crippen LogP) is 3.03. The molecule has 0 aromatic heterocycles. The van der Waals surface area contributed by atoms with E-state index in [1.165, 1.54) is 0 Å². The first kappa shape index (κ1) is 22.5. The average molecular weight is 449 g/mol. The van der Waals surface area contributed by atoms with E-state index in [1.54, 1.807) is 48.2 Å². The number of nitrogens with one attached hydrogen (secondary N) is 2. The summed E-state index contributed by atoms with van der Waals surface area (Å²) in [5, 5.41) is 5.42. The lowest BCUT2D eigenvalue weighted by Crippen LogP contribution is -2.42. The second kappa shape index (κ2) is 9.05. The molecular formula is C25H28N4O4. The Balaban J connectivity index is 1.47. The molecule has 8 nitrogen and oxygen atoms in total. The Morgan fingerprint density at radius 3 is 2.36 bits per heavy atom. The molecule has 5 amide bonds. The molecule has 2 N–H and O–H groups in total. The van der Waals surface area contributed by atoms with Crippen LogP contribution in [0.5, 0.6) is 0 Å². The molecule has 2 fully saturated rings. The maximum Gasteiger partial charge on any atom is 0.325 e. The molecule has 2 aromatic carbocycles. The third kappa shape index (κ3) is 4.46. The van der Waals surface area contributed by atoms with Gasteiger partial charge in [0.2, 0.25) is 5.91 Å². The number of nitrogens with zero attached hydrogens (tertiary/aromatic N) is 2. The van der Waals surface area contributed by atoms with Crippen molar-refractivity contribution in [3.05, 3.63) is 65.2 Å². The Labute approximate surface area is 192 Å². The molecule has 2 aliphatic rings. The van der Waals surface area contributed by atoms with Crippen LogP contribution in [0, 0.1) is 6.92 Å². The number of amides is 5. The van der Waals surface area contributed by atoms with Gasteiger partial charge in [0, 0.05) is 13.1 Å². The first-order valence-corrected chi connectivity index (χ1v) is 11.2. The Hall–Kier alpha value is -3.68. The average Bonchev–Trinajstić information content (AvgIpc) is 3.03. The maximum absolute atomic E-state index is 13.1. The van der Waals surface area contributed by atoms with E-state index in [9.17, 15) is 19.2 Å². The van der Waals surface area contributed by atoms with Gasteiger partial charge < -0.3 is 15.5 Å². The quantitative estimate of drug-likeness (QED) is 0.687. The second-order valence-electron chi connectivity index (χ2n) is 8.76. The van der Waals surface area contributed by atoms with Crippen molar-refractivity contribution in [2.45, 2.75) is 38.6 Å². The van der Waals surface area contributed by atoms with E-state index >= 15 is 0 Å². The van der Waals surface area contributed by atoms with Crippen molar-refractivity contribution >= 4 is 29.4 Å². The van der Waals surface area contributed by atoms with Gasteiger partial charge in [0.05, 0.1) is 11.3 Å². The number of aryl methyl sites for hydroxylation is 1. The third-order valence-electron chi connectivity index (χ3n) is 6.28. The number of anilines is 1. The van der Waals surface area contributed by atoms with Crippen molar-refractivity contribution in [2.24, 2.45) is 0 Å². The van der Waals surface area contributed by atoms with Gasteiger partial charge in [0.1, 0.15) is 12.1 Å². The molecule has 8 heteroatoms. The van der Waals surface area contributed by atoms with Crippen molar-refractivity contribution in [3.8, 4) is 0 Å². The monoisotopic (exact) mass is 448 g/mol. The van der Waals surface area contributed by atoms with E-state index in [4.69, 9.17) is 0 Å². The highest BCUT2D eigenvalue weighted by Gasteiger charge is 2.49. The summed E-state index contributed by atoms with van der Waals surface area (Å²) in [4.78, 5) is 54.1. The van der Waals surface area contributed by atoms with Crippen LogP contribution < -0.4 is 10.6 Å². The Morgan fingerprint density at radius 2 is 1.67 bits per heavy atom. The van der Waals surface area contributed by atoms with Crippen molar-refractivity contribution in [2.75, 3.05) is 25.0 Å². The van der Waals surface area contributed by atoms with Crippen molar-refractivity contribution in [3.63, 3.8) is 0 Å². The molecule has 0 saturated carbocycles. The summed E-state index contributed by atoms with van der Waals surface area (Å²) >= 11 is 0. The molecule has 172 valence electrons. The fraction of sp³-hybridized carbons (Fsp3) is 0.360. The van der Waals surface area contributed by atoms with Crippen LogP contribution >= 0.6 is 0 Å². The number of para-hydroxylation sites is 1. The van der Waals surface area contributed by atoms with Crippen LogP contribution in [0.3, 0.4) is 0 Å². The van der Waals surface area contributed by atoms with Crippen LogP contribution in [0.15, 0.2) is 48.5 Å². The summed E-state index contributed by atoms with van der Waals surface area (Å²) in [6.45, 7) is 4.51. The van der Waals surface area contributed by atoms with Gasteiger partial charge in [0.25, 0.3) is 11.8 Å². The number of carbonyl (C=O) groups is 4. The molecule has 0 aliphatic carbocycles. The lowest BCUT2D eigenvalue weighted by Gasteiger charge is -2.27. The van der Waals surface area contributed by atoms with Crippen LogP contribution in [0.2, 0.25) is 0 Å². The minimum Gasteiger partial charge on any atom is -0.339 e. The maximum atomic E-state index is 13.1. The minimum atomic E-state index is -1.24. The normalized spacial score (nSPS) is 20.5. The largest absolute Gasteiger partial charge is 0.339 e. The molecule has 0 bridgehead atoms. The fourth-order valence-electron chi connectivity index (χ4n) is 4.30. The molecular weight excluding hydrogens is 420 g/mol. The van der Waals surface area contributed by atoms with E-state index in [1.807, 2.05) is 19.1 Å². The summed E-state index contributed by atoms with van der Waals surface area (Å²) < 4.78 is 0. The summed E-state index contributed by atoms with van der Waals surface area (Å²) in [7, 11) is 0. The molecule has 0 radical (unpaired) electrons. The first-order chi connectivity index (χ1) is 15.8. The van der Waals surface area contributed by atoms with E-state index in [0.717, 1.165) is 29.7 Å². The topological polar surface area (TPSA) is 98.8 Å². The predicted molar refractivity (Wildman–Crippen MR) is 124 cm³/mol. The Bertz CT molecular complexity index is 1090. The van der Waals surface area contributed by atoms with Crippen molar-refractivity contribution in [1.29, 1.82) is 0 Å². The lowest BCUT2D eigenvalue weighted by molar-refractivity contribution is -0.133. The van der Waals surface area contributed by atoms with Gasteiger partial charge in [-0.15, -0.1) is 0 Å². The van der Waals surface area contributed by atoms with E-state index in [2.05, 4.69) is 10.6 Å². The fourth-order valence-corrected chi connectivity index (χ4v) is 4.30. The zero-order valence-corrected chi connectivity index (χ0v) is 18.9. The number of benzene rings is 2. The van der Waals surface area contributed by atoms with Gasteiger partial charge in [-0.3, -0.25) is 19.3 Å². The molecule has 1 atom stereocenters. The molecule has 2 heterocycles. The molecule has 2 aliphatic heterocycles. The van der Waals surface area contributed by atoms with Crippen LogP contribution in [0.1, 0.15) is 47.7 Å². The number of urea groups is 1. The zero-order valence-electron chi connectivity index (χ0n) is 18.9. The number of piperidine rings is 1. The molecule has 4 rings (SSSR count). The van der Waals surface area contributed by atoms with Gasteiger partial charge in [-0.05, 0) is 50.8 Å². The SMILES string of the molecule is Cc1ccc([C@]2(C)NC(=O)N(CC(=O)Nc3ccccc3C(=O)N3CCCCC3)C2=O)cc1. The summed E-state index contributed by atoms with van der Waals surface area (Å²) in [5.41, 5.74) is 1.20. The highest BCUT2D eigenvalue weighted by atomic mass is 16.2. The molecule has 33 heavy (non-hydrogen) atoms. The van der Waals surface area contributed by atoms with Gasteiger partial charge in [-0.2, -0.15) is 0 Å². The molecule has 2 aromatic rings. The zero-order chi connectivity index (χ0) is 23.6. The summed E-state index contributed by atoms with van der Waals surface area (Å²) in [5.74, 6) is -1.18. The second-order valence-corrected chi connectivity index (χ2v) is 8.76. The van der Waals surface area contributed by atoms with Crippen LogP contribution in [0.25, 0.3) is 0 Å². The summed E-state index contributed by atoms with van der Waals surface area (Å²) in [6, 6.07) is 13.5. The minimum absolute atomic E-state index is 0.132. The number of hydrogen-bond donors (Lipinski definition) is 2. The number of imide groups is 1. The standard InChI is InChI=1S/C25H28N4O4/c1-17-10-12-18(13-11-17)25(2)23(32)29(24(33)27-25)16-21(30)26-20-9-5-4-8-19(20)22(31)28-14-6-3-7-15-28/h4-5,8-13H,3,6-7,14-16H2,1-2H3,(H,26,30)(H,27,33)/t25-/m0/s1. The van der Waals surface area contributed by atoms with Crippen LogP contribution in [-0.4, -0.2) is 53.2 Å². The van der Waals surface area contributed by atoms with E-state index in [0.29, 0.717) is 29.9 Å². The Kier molecular flexibility index (Phi) is 6.18. The third-order valence-corrected chi connectivity index (χ3v) is 6.28. The number of hydrogen-bond acceptors (Lipinski definition) is 4.